The first-order chi connectivity index (χ1) is 12.3. The molecule has 134 valence electrons. The summed E-state index contributed by atoms with van der Waals surface area (Å²) in [5.41, 5.74) is 0.542. The summed E-state index contributed by atoms with van der Waals surface area (Å²) in [5.74, 6) is 0.158. The first kappa shape index (κ1) is 17.5. The van der Waals surface area contributed by atoms with Crippen LogP contribution in [-0.2, 0) is 10.0 Å². The Morgan fingerprint density at radius 2 is 1.77 bits per heavy atom. The van der Waals surface area contributed by atoms with Crippen LogP contribution in [0.2, 0.25) is 0 Å². The number of nitrogens with zero attached hydrogens (tertiary/aromatic N) is 3. The molecule has 0 spiro atoms. The third kappa shape index (κ3) is 3.38. The summed E-state index contributed by atoms with van der Waals surface area (Å²) in [5, 5.41) is 23.7. The normalized spacial score (nSPS) is 11.3. The van der Waals surface area contributed by atoms with Gasteiger partial charge in [0.1, 0.15) is 10.6 Å². The molecule has 0 saturated heterocycles. The van der Waals surface area contributed by atoms with E-state index in [1.165, 1.54) is 43.5 Å². The largest absolute Gasteiger partial charge is 0.495 e. The van der Waals surface area contributed by atoms with Crippen molar-refractivity contribution in [3.63, 3.8) is 0 Å². The van der Waals surface area contributed by atoms with Crippen LogP contribution >= 0.6 is 0 Å². The summed E-state index contributed by atoms with van der Waals surface area (Å²) in [6.07, 6.45) is 0. The van der Waals surface area contributed by atoms with E-state index in [9.17, 15) is 18.5 Å². The number of ether oxygens (including phenoxy) is 1. The fourth-order valence-electron chi connectivity index (χ4n) is 2.24. The van der Waals surface area contributed by atoms with Crippen LogP contribution in [-0.4, -0.2) is 30.6 Å². The maximum Gasteiger partial charge on any atom is 0.270 e. The maximum atomic E-state index is 11.7. The standard InChI is InChI=1S/C15H12N4O6S/c1-24-12-6-5-10(8-13(12)26(16,22)23)15-18-17-14(25-15)9-3-2-4-11(7-9)19(20)21/h2-8H,1H3,(H2,16,22,23). The van der Waals surface area contributed by atoms with E-state index in [-0.39, 0.29) is 28.1 Å². The van der Waals surface area contributed by atoms with Crippen molar-refractivity contribution in [2.75, 3.05) is 7.11 Å². The van der Waals surface area contributed by atoms with Gasteiger partial charge in [-0.15, -0.1) is 10.2 Å². The molecule has 3 rings (SSSR count). The monoisotopic (exact) mass is 376 g/mol. The molecule has 0 saturated carbocycles. The molecule has 2 aromatic carbocycles. The van der Waals surface area contributed by atoms with Crippen LogP contribution in [0, 0.1) is 10.1 Å². The Hall–Kier alpha value is -3.31. The Labute approximate surface area is 147 Å². The third-order valence-corrected chi connectivity index (χ3v) is 4.38. The Kier molecular flexibility index (Phi) is 4.40. The maximum absolute atomic E-state index is 11.7. The van der Waals surface area contributed by atoms with Crippen molar-refractivity contribution in [2.24, 2.45) is 5.14 Å². The van der Waals surface area contributed by atoms with E-state index in [0.717, 1.165) is 0 Å². The quantitative estimate of drug-likeness (QED) is 0.524. The number of non-ortho nitro benzene ring substituents is 1. The van der Waals surface area contributed by atoms with Gasteiger partial charge < -0.3 is 9.15 Å². The predicted octanol–water partition coefficient (Wildman–Crippen LogP) is 1.97. The van der Waals surface area contributed by atoms with E-state index >= 15 is 0 Å². The van der Waals surface area contributed by atoms with E-state index in [2.05, 4.69) is 10.2 Å². The molecular weight excluding hydrogens is 364 g/mol. The Balaban J connectivity index is 2.03. The number of methoxy groups -OCH3 is 1. The van der Waals surface area contributed by atoms with Crippen molar-refractivity contribution < 1.29 is 22.5 Å². The molecule has 0 aliphatic rings. The molecule has 0 aliphatic heterocycles. The first-order valence-corrected chi connectivity index (χ1v) is 8.64. The van der Waals surface area contributed by atoms with Crippen molar-refractivity contribution >= 4 is 15.7 Å². The van der Waals surface area contributed by atoms with Gasteiger partial charge in [-0.3, -0.25) is 10.1 Å². The Morgan fingerprint density at radius 3 is 2.35 bits per heavy atom. The van der Waals surface area contributed by atoms with E-state index in [4.69, 9.17) is 14.3 Å². The number of nitrogens with two attached hydrogens (primary N) is 1. The average molecular weight is 376 g/mol. The lowest BCUT2D eigenvalue weighted by molar-refractivity contribution is -0.384. The summed E-state index contributed by atoms with van der Waals surface area (Å²) >= 11 is 0. The number of sulfonamides is 1. The Bertz CT molecular complexity index is 1090. The third-order valence-electron chi connectivity index (χ3n) is 3.45. The van der Waals surface area contributed by atoms with Crippen LogP contribution in [0.1, 0.15) is 0 Å². The summed E-state index contributed by atoms with van der Waals surface area (Å²) in [6.45, 7) is 0. The predicted molar refractivity (Wildman–Crippen MR) is 89.7 cm³/mol. The minimum atomic E-state index is -4.03. The van der Waals surface area contributed by atoms with Gasteiger partial charge in [-0.1, -0.05) is 6.07 Å². The number of nitro benzene ring substituents is 1. The molecule has 0 amide bonds. The van der Waals surface area contributed by atoms with Crippen molar-refractivity contribution in [3.05, 3.63) is 52.6 Å². The molecule has 0 atom stereocenters. The van der Waals surface area contributed by atoms with E-state index < -0.39 is 14.9 Å². The fraction of sp³-hybridized carbons (Fsp3) is 0.0667. The van der Waals surface area contributed by atoms with Gasteiger partial charge in [-0.2, -0.15) is 0 Å². The van der Waals surface area contributed by atoms with Crippen molar-refractivity contribution in [3.8, 4) is 28.7 Å². The molecule has 11 heteroatoms. The van der Waals surface area contributed by atoms with Crippen LogP contribution in [0.5, 0.6) is 5.75 Å². The van der Waals surface area contributed by atoms with Crippen molar-refractivity contribution in [1.29, 1.82) is 0 Å². The van der Waals surface area contributed by atoms with E-state index in [1.54, 1.807) is 6.07 Å². The highest BCUT2D eigenvalue weighted by molar-refractivity contribution is 7.89. The zero-order valence-corrected chi connectivity index (χ0v) is 14.1. The molecule has 0 radical (unpaired) electrons. The topological polar surface area (TPSA) is 151 Å². The van der Waals surface area contributed by atoms with Gasteiger partial charge in [0.15, 0.2) is 0 Å². The fourth-order valence-corrected chi connectivity index (χ4v) is 2.96. The molecule has 10 nitrogen and oxygen atoms in total. The highest BCUT2D eigenvalue weighted by atomic mass is 32.2. The lowest BCUT2D eigenvalue weighted by atomic mass is 10.2. The van der Waals surface area contributed by atoms with Crippen molar-refractivity contribution in [2.45, 2.75) is 4.90 Å². The second kappa shape index (κ2) is 6.54. The van der Waals surface area contributed by atoms with Crippen LogP contribution < -0.4 is 9.88 Å². The van der Waals surface area contributed by atoms with Crippen LogP contribution in [0.3, 0.4) is 0 Å². The molecule has 0 bridgehead atoms. The number of hydrogen-bond acceptors (Lipinski definition) is 8. The zero-order chi connectivity index (χ0) is 18.9. The van der Waals surface area contributed by atoms with Crippen LogP contribution in [0.15, 0.2) is 51.8 Å². The first-order valence-electron chi connectivity index (χ1n) is 7.09. The number of nitro groups is 1. The zero-order valence-electron chi connectivity index (χ0n) is 13.3. The second-order valence-corrected chi connectivity index (χ2v) is 6.66. The molecule has 1 heterocycles. The van der Waals surface area contributed by atoms with Gasteiger partial charge in [0.25, 0.3) is 5.69 Å². The van der Waals surface area contributed by atoms with E-state index in [1.807, 2.05) is 0 Å². The smallest absolute Gasteiger partial charge is 0.270 e. The van der Waals surface area contributed by atoms with Gasteiger partial charge in [-0.05, 0) is 24.3 Å². The molecular formula is C15H12N4O6S. The number of benzene rings is 2. The lowest BCUT2D eigenvalue weighted by Crippen LogP contribution is -2.13. The minimum absolute atomic E-state index is 0.0269. The summed E-state index contributed by atoms with van der Waals surface area (Å²) in [7, 11) is -2.71. The van der Waals surface area contributed by atoms with Crippen LogP contribution in [0.4, 0.5) is 5.69 Å². The summed E-state index contributed by atoms with van der Waals surface area (Å²) in [6, 6.07) is 9.88. The van der Waals surface area contributed by atoms with Gasteiger partial charge in [0.2, 0.25) is 21.8 Å². The summed E-state index contributed by atoms with van der Waals surface area (Å²) in [4.78, 5) is 10.1. The van der Waals surface area contributed by atoms with E-state index in [0.29, 0.717) is 11.1 Å². The van der Waals surface area contributed by atoms with Gasteiger partial charge in [-0.25, -0.2) is 13.6 Å². The molecule has 3 aromatic rings. The van der Waals surface area contributed by atoms with Gasteiger partial charge in [0.05, 0.1) is 12.0 Å². The van der Waals surface area contributed by atoms with Crippen molar-refractivity contribution in [1.82, 2.24) is 10.2 Å². The average Bonchev–Trinajstić information content (AvgIpc) is 3.10. The molecule has 0 unspecified atom stereocenters. The van der Waals surface area contributed by atoms with Crippen LogP contribution in [0.25, 0.3) is 22.9 Å². The lowest BCUT2D eigenvalue weighted by Gasteiger charge is -2.07. The number of primary sulfonamides is 1. The highest BCUT2D eigenvalue weighted by Crippen LogP contribution is 2.30. The number of rotatable bonds is 5. The van der Waals surface area contributed by atoms with Gasteiger partial charge >= 0.3 is 0 Å². The van der Waals surface area contributed by atoms with Gasteiger partial charge in [0, 0.05) is 23.3 Å². The molecule has 1 aromatic heterocycles. The molecule has 26 heavy (non-hydrogen) atoms. The Morgan fingerprint density at radius 1 is 1.12 bits per heavy atom. The highest BCUT2D eigenvalue weighted by Gasteiger charge is 2.19. The number of aromatic nitrogens is 2. The minimum Gasteiger partial charge on any atom is -0.495 e. The summed E-state index contributed by atoms with van der Waals surface area (Å²) < 4.78 is 33.9. The SMILES string of the molecule is COc1ccc(-c2nnc(-c3cccc([N+](=O)[O-])c3)o2)cc1S(N)(=O)=O. The number of hydrogen-bond donors (Lipinski definition) is 1. The second-order valence-electron chi connectivity index (χ2n) is 5.13. The molecule has 2 N–H and O–H groups in total. The molecule has 0 aliphatic carbocycles. The molecule has 0 fully saturated rings.